The fourth-order valence-electron chi connectivity index (χ4n) is 1.22. The highest BCUT2D eigenvalue weighted by atomic mass is 35.5. The van der Waals surface area contributed by atoms with E-state index >= 15 is 0 Å². The molecule has 0 aliphatic carbocycles. The van der Waals surface area contributed by atoms with E-state index in [9.17, 15) is 9.50 Å². The molecule has 1 aromatic rings. The first kappa shape index (κ1) is 14.2. The maximum absolute atomic E-state index is 12.8. The molecule has 0 aliphatic heterocycles. The Morgan fingerprint density at radius 2 is 2.18 bits per heavy atom. The van der Waals surface area contributed by atoms with Crippen molar-refractivity contribution in [1.29, 1.82) is 0 Å². The number of ether oxygens (including phenoxy) is 1. The Kier molecular flexibility index (Phi) is 5.68. The highest BCUT2D eigenvalue weighted by Gasteiger charge is 2.07. The predicted octanol–water partition coefficient (Wildman–Crippen LogP) is 2.68. The first-order valence-corrected chi connectivity index (χ1v) is 5.85. The van der Waals surface area contributed by atoms with Gasteiger partial charge < -0.3 is 15.2 Å². The third-order valence-electron chi connectivity index (χ3n) is 2.08. The number of anilines is 1. The van der Waals surface area contributed by atoms with E-state index in [0.29, 0.717) is 17.3 Å². The van der Waals surface area contributed by atoms with Gasteiger partial charge in [0.1, 0.15) is 5.82 Å². The second kappa shape index (κ2) is 6.79. The van der Waals surface area contributed by atoms with Crippen LogP contribution in [-0.2, 0) is 4.74 Å². The Morgan fingerprint density at radius 3 is 2.76 bits per heavy atom. The summed E-state index contributed by atoms with van der Waals surface area (Å²) in [5, 5.41) is 12.8. The lowest BCUT2D eigenvalue weighted by atomic mass is 10.3. The zero-order valence-corrected chi connectivity index (χ0v) is 10.7. The monoisotopic (exact) mass is 261 g/mol. The Balaban J connectivity index is 2.39. The van der Waals surface area contributed by atoms with Gasteiger partial charge in [-0.15, -0.1) is 0 Å². The third kappa shape index (κ3) is 5.35. The molecule has 1 rings (SSSR count). The number of hydrogen-bond donors (Lipinski definition) is 2. The molecule has 0 radical (unpaired) electrons. The van der Waals surface area contributed by atoms with Gasteiger partial charge in [0, 0.05) is 6.54 Å². The van der Waals surface area contributed by atoms with Crippen LogP contribution in [-0.4, -0.2) is 30.5 Å². The molecule has 1 unspecified atom stereocenters. The first-order valence-electron chi connectivity index (χ1n) is 5.47. The van der Waals surface area contributed by atoms with Gasteiger partial charge in [-0.05, 0) is 32.0 Å². The molecule has 1 aromatic carbocycles. The van der Waals surface area contributed by atoms with Crippen molar-refractivity contribution in [2.75, 3.05) is 18.5 Å². The van der Waals surface area contributed by atoms with E-state index in [-0.39, 0.29) is 18.5 Å². The number of benzene rings is 1. The fraction of sp³-hybridized carbons (Fsp3) is 0.500. The quantitative estimate of drug-likeness (QED) is 0.827. The van der Waals surface area contributed by atoms with E-state index in [4.69, 9.17) is 16.3 Å². The second-order valence-corrected chi connectivity index (χ2v) is 4.45. The standard InChI is InChI=1S/C12H17ClFNO2/c1-8(2)17-7-10(16)6-15-12-4-3-9(14)5-11(12)13/h3-5,8,10,15-16H,6-7H2,1-2H3. The number of halogens is 2. The summed E-state index contributed by atoms with van der Waals surface area (Å²) >= 11 is 5.83. The van der Waals surface area contributed by atoms with Gasteiger partial charge in [-0.3, -0.25) is 0 Å². The molecule has 1 atom stereocenters. The van der Waals surface area contributed by atoms with Gasteiger partial charge in [-0.1, -0.05) is 11.6 Å². The molecule has 0 fully saturated rings. The minimum Gasteiger partial charge on any atom is -0.389 e. The molecule has 0 bridgehead atoms. The molecule has 0 aromatic heterocycles. The van der Waals surface area contributed by atoms with Crippen LogP contribution in [0.25, 0.3) is 0 Å². The van der Waals surface area contributed by atoms with Crippen molar-refractivity contribution in [2.24, 2.45) is 0 Å². The molecule has 2 N–H and O–H groups in total. The summed E-state index contributed by atoms with van der Waals surface area (Å²) in [6, 6.07) is 4.07. The Hall–Kier alpha value is -0.840. The lowest BCUT2D eigenvalue weighted by Crippen LogP contribution is -2.26. The second-order valence-electron chi connectivity index (χ2n) is 4.04. The van der Waals surface area contributed by atoms with Crippen LogP contribution in [0.2, 0.25) is 5.02 Å². The van der Waals surface area contributed by atoms with Gasteiger partial charge in [0.25, 0.3) is 0 Å². The van der Waals surface area contributed by atoms with Crippen molar-refractivity contribution < 1.29 is 14.2 Å². The van der Waals surface area contributed by atoms with Gasteiger partial charge in [-0.2, -0.15) is 0 Å². The van der Waals surface area contributed by atoms with Crippen LogP contribution in [0.5, 0.6) is 0 Å². The maximum atomic E-state index is 12.8. The van der Waals surface area contributed by atoms with Gasteiger partial charge >= 0.3 is 0 Å². The minimum absolute atomic E-state index is 0.0825. The lowest BCUT2D eigenvalue weighted by Gasteiger charge is -2.15. The van der Waals surface area contributed by atoms with Crippen LogP contribution < -0.4 is 5.32 Å². The number of hydrogen-bond acceptors (Lipinski definition) is 3. The van der Waals surface area contributed by atoms with E-state index in [0.717, 1.165) is 0 Å². The number of aliphatic hydroxyl groups is 1. The van der Waals surface area contributed by atoms with E-state index in [1.54, 1.807) is 0 Å². The Bertz CT molecular complexity index is 360. The normalized spacial score (nSPS) is 12.8. The van der Waals surface area contributed by atoms with E-state index in [1.807, 2.05) is 13.8 Å². The van der Waals surface area contributed by atoms with E-state index < -0.39 is 6.10 Å². The van der Waals surface area contributed by atoms with Gasteiger partial charge in [0.05, 0.1) is 29.5 Å². The number of nitrogens with one attached hydrogen (secondary N) is 1. The molecule has 0 spiro atoms. The molecule has 0 aliphatic rings. The summed E-state index contributed by atoms with van der Waals surface area (Å²) < 4.78 is 18.0. The van der Waals surface area contributed by atoms with Crippen molar-refractivity contribution in [2.45, 2.75) is 26.1 Å². The van der Waals surface area contributed by atoms with Gasteiger partial charge in [0.15, 0.2) is 0 Å². The summed E-state index contributed by atoms with van der Waals surface area (Å²) in [5.74, 6) is -0.385. The zero-order chi connectivity index (χ0) is 12.8. The number of rotatable bonds is 6. The van der Waals surface area contributed by atoms with Crippen molar-refractivity contribution in [3.05, 3.63) is 29.0 Å². The van der Waals surface area contributed by atoms with Crippen LogP contribution in [0, 0.1) is 5.82 Å². The van der Waals surface area contributed by atoms with E-state index in [1.165, 1.54) is 18.2 Å². The molecule has 0 amide bonds. The molecular weight excluding hydrogens is 245 g/mol. The zero-order valence-electron chi connectivity index (χ0n) is 9.91. The van der Waals surface area contributed by atoms with Crippen LogP contribution in [0.1, 0.15) is 13.8 Å². The Labute approximate surface area is 106 Å². The van der Waals surface area contributed by atoms with Crippen LogP contribution >= 0.6 is 11.6 Å². The molecular formula is C12H17ClFNO2. The molecule has 96 valence electrons. The summed E-state index contributed by atoms with van der Waals surface area (Å²) in [7, 11) is 0. The lowest BCUT2D eigenvalue weighted by molar-refractivity contribution is 0.0112. The molecule has 3 nitrogen and oxygen atoms in total. The molecule has 17 heavy (non-hydrogen) atoms. The van der Waals surface area contributed by atoms with Gasteiger partial charge in [0.2, 0.25) is 0 Å². The smallest absolute Gasteiger partial charge is 0.124 e. The van der Waals surface area contributed by atoms with Crippen LogP contribution in [0.4, 0.5) is 10.1 Å². The van der Waals surface area contributed by atoms with Crippen LogP contribution in [0.15, 0.2) is 18.2 Å². The molecule has 0 saturated carbocycles. The minimum atomic E-state index is -0.626. The molecule has 0 heterocycles. The molecule has 5 heteroatoms. The van der Waals surface area contributed by atoms with Crippen molar-refractivity contribution in [3.63, 3.8) is 0 Å². The average Bonchev–Trinajstić information content (AvgIpc) is 2.25. The van der Waals surface area contributed by atoms with Crippen molar-refractivity contribution in [3.8, 4) is 0 Å². The first-order chi connectivity index (χ1) is 7.99. The maximum Gasteiger partial charge on any atom is 0.124 e. The predicted molar refractivity (Wildman–Crippen MR) is 67.0 cm³/mol. The SMILES string of the molecule is CC(C)OCC(O)CNc1ccc(F)cc1Cl. The topological polar surface area (TPSA) is 41.5 Å². The highest BCUT2D eigenvalue weighted by molar-refractivity contribution is 6.33. The van der Waals surface area contributed by atoms with Gasteiger partial charge in [-0.25, -0.2) is 4.39 Å². The summed E-state index contributed by atoms with van der Waals surface area (Å²) in [6.07, 6.45) is -0.544. The van der Waals surface area contributed by atoms with E-state index in [2.05, 4.69) is 5.32 Å². The largest absolute Gasteiger partial charge is 0.389 e. The highest BCUT2D eigenvalue weighted by Crippen LogP contribution is 2.22. The fourth-order valence-corrected chi connectivity index (χ4v) is 1.46. The third-order valence-corrected chi connectivity index (χ3v) is 2.39. The summed E-state index contributed by atoms with van der Waals surface area (Å²) in [6.45, 7) is 4.36. The van der Waals surface area contributed by atoms with Crippen molar-refractivity contribution >= 4 is 17.3 Å². The van der Waals surface area contributed by atoms with Crippen molar-refractivity contribution in [1.82, 2.24) is 0 Å². The Morgan fingerprint density at radius 1 is 1.47 bits per heavy atom. The summed E-state index contributed by atoms with van der Waals surface area (Å²) in [4.78, 5) is 0. The average molecular weight is 262 g/mol. The summed E-state index contributed by atoms with van der Waals surface area (Å²) in [5.41, 5.74) is 0.594. The molecule has 0 saturated heterocycles. The van der Waals surface area contributed by atoms with Crippen LogP contribution in [0.3, 0.4) is 0 Å². The number of aliphatic hydroxyl groups excluding tert-OH is 1.